The average molecular weight is 397 g/mol. The molecule has 0 radical (unpaired) electrons. The van der Waals surface area contributed by atoms with Gasteiger partial charge in [-0.25, -0.2) is 0 Å². The summed E-state index contributed by atoms with van der Waals surface area (Å²) in [5.41, 5.74) is 1.03. The third kappa shape index (κ3) is 3.28. The van der Waals surface area contributed by atoms with Crippen molar-refractivity contribution < 1.29 is 4.42 Å². The van der Waals surface area contributed by atoms with Gasteiger partial charge in [0.1, 0.15) is 0 Å². The Labute approximate surface area is 163 Å². The monoisotopic (exact) mass is 396 g/mol. The second kappa shape index (κ2) is 6.90. The van der Waals surface area contributed by atoms with Gasteiger partial charge in [-0.1, -0.05) is 17.8 Å². The molecule has 0 spiro atoms. The number of hydrogen-bond donors (Lipinski definition) is 0. The van der Waals surface area contributed by atoms with Gasteiger partial charge in [-0.2, -0.15) is 0 Å². The summed E-state index contributed by atoms with van der Waals surface area (Å²) in [6.07, 6.45) is 5.87. The van der Waals surface area contributed by atoms with E-state index >= 15 is 0 Å². The Balaban J connectivity index is 1.42. The second-order valence-electron chi connectivity index (χ2n) is 6.33. The maximum atomic E-state index is 5.87. The highest BCUT2D eigenvalue weighted by atomic mass is 32.2. The number of pyridine rings is 1. The van der Waals surface area contributed by atoms with Gasteiger partial charge in [-0.15, -0.1) is 31.7 Å². The lowest BCUT2D eigenvalue weighted by atomic mass is 10.2. The Morgan fingerprint density at radius 1 is 1.15 bits per heavy atom. The lowest BCUT2D eigenvalue weighted by Gasteiger charge is -2.10. The van der Waals surface area contributed by atoms with Gasteiger partial charge in [0.05, 0.1) is 10.1 Å². The van der Waals surface area contributed by atoms with Gasteiger partial charge in [-0.3, -0.25) is 9.55 Å². The molecule has 1 fully saturated rings. The van der Waals surface area contributed by atoms with Crippen LogP contribution >= 0.6 is 23.1 Å². The van der Waals surface area contributed by atoms with Crippen LogP contribution in [0.3, 0.4) is 0 Å². The molecule has 1 atom stereocenters. The molecule has 1 saturated carbocycles. The largest absolute Gasteiger partial charge is 0.419 e. The highest BCUT2D eigenvalue weighted by Crippen LogP contribution is 2.43. The van der Waals surface area contributed by atoms with Gasteiger partial charge in [0.25, 0.3) is 5.89 Å². The minimum atomic E-state index is -0.0156. The Morgan fingerprint density at radius 2 is 2.00 bits per heavy atom. The lowest BCUT2D eigenvalue weighted by molar-refractivity contribution is 0.509. The van der Waals surface area contributed by atoms with Crippen molar-refractivity contribution in [3.8, 4) is 22.2 Å². The Kier molecular flexibility index (Phi) is 4.25. The van der Waals surface area contributed by atoms with E-state index < -0.39 is 0 Å². The number of thioether (sulfide) groups is 1. The van der Waals surface area contributed by atoms with Crippen LogP contribution in [0.1, 0.15) is 36.9 Å². The molecule has 0 saturated heterocycles. The first-order valence-corrected chi connectivity index (χ1v) is 10.4. The molecule has 0 unspecified atom stereocenters. The third-order valence-corrected chi connectivity index (χ3v) is 6.22. The highest BCUT2D eigenvalue weighted by Gasteiger charge is 2.31. The first-order valence-electron chi connectivity index (χ1n) is 8.69. The topological polar surface area (TPSA) is 82.5 Å². The van der Waals surface area contributed by atoms with E-state index in [1.165, 1.54) is 0 Å². The summed E-state index contributed by atoms with van der Waals surface area (Å²) in [6, 6.07) is 8.34. The molecule has 9 heteroatoms. The third-order valence-electron chi connectivity index (χ3n) is 4.32. The van der Waals surface area contributed by atoms with Crippen molar-refractivity contribution >= 4 is 23.1 Å². The van der Waals surface area contributed by atoms with Gasteiger partial charge in [0, 0.05) is 24.0 Å². The van der Waals surface area contributed by atoms with E-state index in [-0.39, 0.29) is 5.25 Å². The van der Waals surface area contributed by atoms with Crippen LogP contribution in [-0.2, 0) is 0 Å². The SMILES string of the molecule is C[C@@H](Sc1nnc(-c2ccncc2)n1C1CC1)c1nnc(-c2cccs2)o1. The molecule has 4 aromatic heterocycles. The number of thiophene rings is 1. The number of aromatic nitrogens is 6. The van der Waals surface area contributed by atoms with Crippen molar-refractivity contribution in [1.82, 2.24) is 29.9 Å². The fourth-order valence-electron chi connectivity index (χ4n) is 2.82. The summed E-state index contributed by atoms with van der Waals surface area (Å²) in [5.74, 6) is 2.05. The van der Waals surface area contributed by atoms with Crippen LogP contribution in [0.4, 0.5) is 0 Å². The lowest BCUT2D eigenvalue weighted by Crippen LogP contribution is -2.01. The molecule has 136 valence electrons. The van der Waals surface area contributed by atoms with E-state index in [0.717, 1.165) is 34.3 Å². The van der Waals surface area contributed by atoms with E-state index in [9.17, 15) is 0 Å². The van der Waals surface area contributed by atoms with Crippen LogP contribution < -0.4 is 0 Å². The summed E-state index contributed by atoms with van der Waals surface area (Å²) >= 11 is 3.18. The fraction of sp³-hybridized carbons (Fsp3) is 0.278. The molecule has 5 rings (SSSR count). The fourth-order valence-corrected chi connectivity index (χ4v) is 4.42. The molecule has 27 heavy (non-hydrogen) atoms. The molecule has 0 amide bonds. The molecule has 1 aliphatic carbocycles. The maximum absolute atomic E-state index is 5.87. The molecular formula is C18H16N6OS2. The predicted molar refractivity (Wildman–Crippen MR) is 103 cm³/mol. The quantitative estimate of drug-likeness (QED) is 0.439. The van der Waals surface area contributed by atoms with Gasteiger partial charge in [0.15, 0.2) is 11.0 Å². The van der Waals surface area contributed by atoms with E-state index in [1.54, 1.807) is 35.5 Å². The molecular weight excluding hydrogens is 380 g/mol. The van der Waals surface area contributed by atoms with Gasteiger partial charge >= 0.3 is 0 Å². The van der Waals surface area contributed by atoms with Crippen molar-refractivity contribution in [1.29, 1.82) is 0 Å². The summed E-state index contributed by atoms with van der Waals surface area (Å²) < 4.78 is 8.10. The van der Waals surface area contributed by atoms with E-state index in [2.05, 4.69) is 36.9 Å². The number of rotatable bonds is 6. The highest BCUT2D eigenvalue weighted by molar-refractivity contribution is 7.99. The summed E-state index contributed by atoms with van der Waals surface area (Å²) in [5, 5.41) is 20.1. The van der Waals surface area contributed by atoms with Crippen molar-refractivity contribution in [3.05, 3.63) is 47.9 Å². The standard InChI is InChI=1S/C18H16N6OS2/c1-11(16-21-22-17(25-16)14-3-2-10-26-14)27-18-23-20-15(24(18)13-4-5-13)12-6-8-19-9-7-12/h2-3,6-11,13H,4-5H2,1H3/t11-/m1/s1. The van der Waals surface area contributed by atoms with Crippen LogP contribution in [-0.4, -0.2) is 29.9 Å². The summed E-state index contributed by atoms with van der Waals surface area (Å²) in [7, 11) is 0. The minimum Gasteiger partial charge on any atom is -0.419 e. The van der Waals surface area contributed by atoms with Gasteiger partial charge in [0.2, 0.25) is 5.89 Å². The summed E-state index contributed by atoms with van der Waals surface area (Å²) in [4.78, 5) is 5.07. The van der Waals surface area contributed by atoms with Crippen molar-refractivity contribution in [2.45, 2.75) is 36.2 Å². The van der Waals surface area contributed by atoms with Crippen LogP contribution in [0.2, 0.25) is 0 Å². The molecule has 4 heterocycles. The van der Waals surface area contributed by atoms with Crippen molar-refractivity contribution in [3.63, 3.8) is 0 Å². The molecule has 0 bridgehead atoms. The van der Waals surface area contributed by atoms with Crippen LogP contribution in [0.25, 0.3) is 22.2 Å². The molecule has 0 N–H and O–H groups in total. The van der Waals surface area contributed by atoms with Crippen molar-refractivity contribution in [2.75, 3.05) is 0 Å². The molecule has 1 aliphatic rings. The van der Waals surface area contributed by atoms with E-state index in [4.69, 9.17) is 4.42 Å². The zero-order valence-electron chi connectivity index (χ0n) is 14.5. The number of hydrogen-bond acceptors (Lipinski definition) is 8. The first-order chi connectivity index (χ1) is 13.3. The number of nitrogens with zero attached hydrogens (tertiary/aromatic N) is 6. The smallest absolute Gasteiger partial charge is 0.257 e. The zero-order valence-corrected chi connectivity index (χ0v) is 16.2. The second-order valence-corrected chi connectivity index (χ2v) is 8.58. The van der Waals surface area contributed by atoms with Crippen LogP contribution in [0.15, 0.2) is 51.6 Å². The van der Waals surface area contributed by atoms with Crippen LogP contribution in [0.5, 0.6) is 0 Å². The zero-order chi connectivity index (χ0) is 18.2. The van der Waals surface area contributed by atoms with Gasteiger partial charge in [-0.05, 0) is 43.3 Å². The average Bonchev–Trinajstić information content (AvgIpc) is 3.11. The Bertz CT molecular complexity index is 1040. The summed E-state index contributed by atoms with van der Waals surface area (Å²) in [6.45, 7) is 2.05. The van der Waals surface area contributed by atoms with Crippen molar-refractivity contribution in [2.24, 2.45) is 0 Å². The van der Waals surface area contributed by atoms with Crippen LogP contribution in [0, 0.1) is 0 Å². The Morgan fingerprint density at radius 3 is 2.74 bits per heavy atom. The molecule has 7 nitrogen and oxygen atoms in total. The predicted octanol–water partition coefficient (Wildman–Crippen LogP) is 4.64. The van der Waals surface area contributed by atoms with E-state index in [0.29, 0.717) is 17.8 Å². The first kappa shape index (κ1) is 16.6. The van der Waals surface area contributed by atoms with Gasteiger partial charge < -0.3 is 4.42 Å². The maximum Gasteiger partial charge on any atom is 0.257 e. The molecule has 4 aromatic rings. The Hall–Kier alpha value is -2.52. The molecule has 0 aliphatic heterocycles. The normalized spacial score (nSPS) is 15.1. The molecule has 0 aromatic carbocycles. The minimum absolute atomic E-state index is 0.0156. The van der Waals surface area contributed by atoms with E-state index in [1.807, 2.05) is 29.6 Å².